The van der Waals surface area contributed by atoms with E-state index in [1.807, 2.05) is 30.3 Å². The minimum absolute atomic E-state index is 0.163. The molecule has 3 nitrogen and oxygen atoms in total. The Morgan fingerprint density at radius 2 is 1.85 bits per heavy atom. The summed E-state index contributed by atoms with van der Waals surface area (Å²) in [5.41, 5.74) is 2.21. The van der Waals surface area contributed by atoms with E-state index >= 15 is 0 Å². The van der Waals surface area contributed by atoms with Gasteiger partial charge in [0.05, 0.1) is 20.6 Å². The molecule has 0 aliphatic heterocycles. The van der Waals surface area contributed by atoms with Crippen molar-refractivity contribution in [1.29, 1.82) is 0 Å². The molecule has 0 unspecified atom stereocenters. The van der Waals surface area contributed by atoms with E-state index in [4.69, 9.17) is 0 Å². The number of aromatic nitrogens is 1. The normalized spacial score (nSPS) is 13.2. The quantitative estimate of drug-likeness (QED) is 0.613. The molecule has 4 heteroatoms. The van der Waals surface area contributed by atoms with E-state index in [1.54, 1.807) is 20.3 Å². The summed E-state index contributed by atoms with van der Waals surface area (Å²) >= 11 is 3.45. The Balaban J connectivity index is 2.27. The number of quaternary nitrogens is 1. The van der Waals surface area contributed by atoms with Crippen LogP contribution in [0.2, 0.25) is 0 Å². The average Bonchev–Trinajstić information content (AvgIpc) is 2.41. The van der Waals surface area contributed by atoms with Crippen LogP contribution in [0.4, 0.5) is 0 Å². The first kappa shape index (κ1) is 15.2. The van der Waals surface area contributed by atoms with Gasteiger partial charge < -0.3 is 9.85 Å². The van der Waals surface area contributed by atoms with Crippen LogP contribution in [0.15, 0.2) is 53.1 Å². The second kappa shape index (κ2) is 6.48. The average molecular weight is 335 g/mol. The molecule has 20 heavy (non-hydrogen) atoms. The van der Waals surface area contributed by atoms with E-state index in [0.29, 0.717) is 6.54 Å². The first-order valence-corrected chi connectivity index (χ1v) is 7.45. The maximum absolute atomic E-state index is 11.8. The van der Waals surface area contributed by atoms with Crippen molar-refractivity contribution in [3.8, 4) is 0 Å². The van der Waals surface area contributed by atoms with Gasteiger partial charge in [0.2, 0.25) is 0 Å². The summed E-state index contributed by atoms with van der Waals surface area (Å²) in [4.78, 5) is 4.46. The molecule has 0 N–H and O–H groups in total. The zero-order valence-electron chi connectivity index (χ0n) is 11.8. The van der Waals surface area contributed by atoms with Crippen molar-refractivity contribution in [3.63, 3.8) is 0 Å². The standard InChI is InChI=1S/C16H19BrN2O/c1-19(2,20)12-10-15(16-5-3-4-11-18-16)13-6-8-14(17)9-7-13/h3-9,11,15H,10,12H2,1-2H3/t15-/m1/s1. The molecule has 0 bridgehead atoms. The number of hydrogen-bond donors (Lipinski definition) is 0. The molecule has 0 radical (unpaired) electrons. The van der Waals surface area contributed by atoms with Gasteiger partial charge in [0, 0.05) is 28.7 Å². The van der Waals surface area contributed by atoms with Gasteiger partial charge in [0.1, 0.15) is 0 Å². The predicted octanol–water partition coefficient (Wildman–Crippen LogP) is 3.94. The van der Waals surface area contributed by atoms with Crippen LogP contribution in [0.5, 0.6) is 0 Å². The summed E-state index contributed by atoms with van der Waals surface area (Å²) in [5, 5.41) is 11.8. The van der Waals surface area contributed by atoms with Gasteiger partial charge in [-0.1, -0.05) is 34.1 Å². The number of halogens is 1. The first-order chi connectivity index (χ1) is 9.46. The van der Waals surface area contributed by atoms with Crippen LogP contribution in [0.25, 0.3) is 0 Å². The number of hydroxylamine groups is 3. The van der Waals surface area contributed by atoms with Crippen LogP contribution in [0.3, 0.4) is 0 Å². The van der Waals surface area contributed by atoms with Crippen molar-refractivity contribution in [1.82, 2.24) is 4.98 Å². The van der Waals surface area contributed by atoms with E-state index in [-0.39, 0.29) is 10.6 Å². The number of benzene rings is 1. The maximum Gasteiger partial charge on any atom is 0.0789 e. The largest absolute Gasteiger partial charge is 0.633 e. The van der Waals surface area contributed by atoms with Crippen LogP contribution >= 0.6 is 15.9 Å². The lowest BCUT2D eigenvalue weighted by atomic mass is 9.92. The van der Waals surface area contributed by atoms with E-state index in [9.17, 15) is 5.21 Å². The molecule has 1 aromatic heterocycles. The fourth-order valence-electron chi connectivity index (χ4n) is 2.20. The zero-order valence-corrected chi connectivity index (χ0v) is 13.4. The first-order valence-electron chi connectivity index (χ1n) is 6.66. The highest BCUT2D eigenvalue weighted by atomic mass is 79.9. The molecule has 0 fully saturated rings. The lowest BCUT2D eigenvalue weighted by Gasteiger charge is -2.35. The SMILES string of the molecule is C[N+](C)([O-])CC[C@H](c1ccc(Br)cc1)c1ccccn1. The molecule has 1 heterocycles. The molecule has 1 aromatic carbocycles. The van der Waals surface area contributed by atoms with Crippen LogP contribution in [0.1, 0.15) is 23.6 Å². The Kier molecular flexibility index (Phi) is 4.91. The van der Waals surface area contributed by atoms with E-state index in [1.165, 1.54) is 5.56 Å². The fourth-order valence-corrected chi connectivity index (χ4v) is 2.47. The van der Waals surface area contributed by atoms with Gasteiger partial charge in [-0.3, -0.25) is 4.98 Å². The van der Waals surface area contributed by atoms with Gasteiger partial charge in [-0.15, -0.1) is 0 Å². The molecule has 0 amide bonds. The molecule has 0 saturated heterocycles. The van der Waals surface area contributed by atoms with Crippen LogP contribution in [0, 0.1) is 5.21 Å². The monoisotopic (exact) mass is 334 g/mol. The molecule has 106 valence electrons. The Bertz CT molecular complexity index is 535. The van der Waals surface area contributed by atoms with Crippen molar-refractivity contribution in [2.45, 2.75) is 12.3 Å². The number of nitrogens with zero attached hydrogens (tertiary/aromatic N) is 2. The summed E-state index contributed by atoms with van der Waals surface area (Å²) < 4.78 is 0.779. The molecule has 0 aliphatic carbocycles. The fraction of sp³-hybridized carbons (Fsp3) is 0.312. The Labute approximate surface area is 128 Å². The van der Waals surface area contributed by atoms with E-state index in [2.05, 4.69) is 33.0 Å². The molecule has 1 atom stereocenters. The van der Waals surface area contributed by atoms with Crippen molar-refractivity contribution in [3.05, 3.63) is 69.6 Å². The molecule has 2 rings (SSSR count). The van der Waals surface area contributed by atoms with Crippen molar-refractivity contribution in [2.24, 2.45) is 0 Å². The molecule has 2 aromatic rings. The number of hydrogen-bond acceptors (Lipinski definition) is 2. The second-order valence-electron chi connectivity index (χ2n) is 5.44. The summed E-state index contributed by atoms with van der Waals surface area (Å²) in [6.07, 6.45) is 2.59. The summed E-state index contributed by atoms with van der Waals surface area (Å²) in [6.45, 7) is 0.567. The molecular weight excluding hydrogens is 316 g/mol. The van der Waals surface area contributed by atoms with Crippen LogP contribution in [-0.2, 0) is 0 Å². The molecular formula is C16H19BrN2O. The zero-order chi connectivity index (χ0) is 14.6. The van der Waals surface area contributed by atoms with Crippen LogP contribution < -0.4 is 0 Å². The van der Waals surface area contributed by atoms with Gasteiger partial charge in [0.15, 0.2) is 0 Å². The lowest BCUT2D eigenvalue weighted by Crippen LogP contribution is -2.34. The van der Waals surface area contributed by atoms with Crippen molar-refractivity contribution < 1.29 is 4.65 Å². The van der Waals surface area contributed by atoms with Gasteiger partial charge in [0.25, 0.3) is 0 Å². The summed E-state index contributed by atoms with van der Waals surface area (Å²) in [6, 6.07) is 14.2. The lowest BCUT2D eigenvalue weighted by molar-refractivity contribution is -0.840. The third-order valence-corrected chi connectivity index (χ3v) is 3.80. The van der Waals surface area contributed by atoms with Gasteiger partial charge in [-0.05, 0) is 29.8 Å². The highest BCUT2D eigenvalue weighted by molar-refractivity contribution is 9.10. The smallest absolute Gasteiger partial charge is 0.0789 e. The minimum atomic E-state index is -0.278. The minimum Gasteiger partial charge on any atom is -0.633 e. The summed E-state index contributed by atoms with van der Waals surface area (Å²) in [7, 11) is 3.36. The maximum atomic E-state index is 11.8. The highest BCUT2D eigenvalue weighted by Crippen LogP contribution is 2.28. The number of pyridine rings is 1. The van der Waals surface area contributed by atoms with Gasteiger partial charge in [-0.2, -0.15) is 0 Å². The Hall–Kier alpha value is -1.23. The van der Waals surface area contributed by atoms with Crippen LogP contribution in [-0.4, -0.2) is 30.3 Å². The predicted molar refractivity (Wildman–Crippen MR) is 85.2 cm³/mol. The van der Waals surface area contributed by atoms with Crippen molar-refractivity contribution in [2.75, 3.05) is 20.6 Å². The second-order valence-corrected chi connectivity index (χ2v) is 6.36. The molecule has 0 aliphatic rings. The third kappa shape index (κ3) is 4.40. The van der Waals surface area contributed by atoms with Gasteiger partial charge in [-0.25, -0.2) is 0 Å². The van der Waals surface area contributed by atoms with E-state index in [0.717, 1.165) is 16.6 Å². The Morgan fingerprint density at radius 1 is 1.15 bits per heavy atom. The van der Waals surface area contributed by atoms with Gasteiger partial charge >= 0.3 is 0 Å². The third-order valence-electron chi connectivity index (χ3n) is 3.27. The topological polar surface area (TPSA) is 36.0 Å². The molecule has 0 saturated carbocycles. The molecule has 0 spiro atoms. The Morgan fingerprint density at radius 3 is 2.40 bits per heavy atom. The van der Waals surface area contributed by atoms with Crippen molar-refractivity contribution >= 4 is 15.9 Å². The number of rotatable bonds is 5. The highest BCUT2D eigenvalue weighted by Gasteiger charge is 2.18. The van der Waals surface area contributed by atoms with E-state index < -0.39 is 0 Å². The summed E-state index contributed by atoms with van der Waals surface area (Å²) in [5.74, 6) is 0.163.